The Bertz CT molecular complexity index is 709. The molecule has 1 aromatic carbocycles. The molecule has 3 heterocycles. The van der Waals surface area contributed by atoms with Crippen LogP contribution in [0.2, 0.25) is 0 Å². The monoisotopic (exact) mass is 390 g/mol. The Morgan fingerprint density at radius 3 is 2.83 bits per heavy atom. The van der Waals surface area contributed by atoms with Gasteiger partial charge in [0, 0.05) is 35.0 Å². The smallest absolute Gasteiger partial charge is 0.261 e. The zero-order valence-corrected chi connectivity index (χ0v) is 15.2. The van der Waals surface area contributed by atoms with E-state index in [2.05, 4.69) is 56.5 Å². The van der Waals surface area contributed by atoms with Gasteiger partial charge in [-0.3, -0.25) is 9.69 Å². The summed E-state index contributed by atoms with van der Waals surface area (Å²) < 4.78 is 0.973. The number of rotatable bonds is 5. The highest BCUT2D eigenvalue weighted by atomic mass is 79.9. The first-order valence-electron chi connectivity index (χ1n) is 7.96. The number of hydrogen-bond acceptors (Lipinski definition) is 3. The van der Waals surface area contributed by atoms with Crippen molar-refractivity contribution < 1.29 is 4.79 Å². The quantitative estimate of drug-likeness (QED) is 0.839. The number of amides is 1. The molecular formula is C18H19BrN2OS. The molecule has 3 aliphatic rings. The van der Waals surface area contributed by atoms with Crippen LogP contribution in [0.1, 0.15) is 28.1 Å². The summed E-state index contributed by atoms with van der Waals surface area (Å²) in [6, 6.07) is 12.5. The standard InChI is InChI=1S/C18H19BrN2OS/c19-15-6-16(23-11-15)17(22)20-12-18-7-14(8-18)10-21(18)9-13-4-2-1-3-5-13/h1-6,11,14H,7-10,12H2,(H,20,22). The van der Waals surface area contributed by atoms with E-state index in [4.69, 9.17) is 0 Å². The maximum absolute atomic E-state index is 12.3. The summed E-state index contributed by atoms with van der Waals surface area (Å²) in [5.41, 5.74) is 1.53. The summed E-state index contributed by atoms with van der Waals surface area (Å²) in [4.78, 5) is 15.6. The highest BCUT2D eigenvalue weighted by molar-refractivity contribution is 9.10. The van der Waals surface area contributed by atoms with Crippen LogP contribution in [-0.4, -0.2) is 29.4 Å². The van der Waals surface area contributed by atoms with E-state index in [1.54, 1.807) is 0 Å². The van der Waals surface area contributed by atoms with E-state index in [-0.39, 0.29) is 11.4 Å². The van der Waals surface area contributed by atoms with Crippen molar-refractivity contribution in [1.29, 1.82) is 0 Å². The third-order valence-corrected chi connectivity index (χ3v) is 6.76. The van der Waals surface area contributed by atoms with Crippen LogP contribution >= 0.6 is 27.3 Å². The van der Waals surface area contributed by atoms with Crippen LogP contribution in [0.5, 0.6) is 0 Å². The number of carbonyl (C=O) groups excluding carboxylic acids is 1. The summed E-state index contributed by atoms with van der Waals surface area (Å²) in [5.74, 6) is 0.858. The van der Waals surface area contributed by atoms with Crippen molar-refractivity contribution in [3.63, 3.8) is 0 Å². The lowest BCUT2D eigenvalue weighted by atomic mass is 9.73. The SMILES string of the molecule is O=C(NCC12CC(CN1Cc1ccccc1)C2)c1cc(Br)cs1. The number of nitrogens with zero attached hydrogens (tertiary/aromatic N) is 1. The number of halogens is 1. The highest BCUT2D eigenvalue weighted by Crippen LogP contribution is 2.50. The molecule has 1 saturated carbocycles. The largest absolute Gasteiger partial charge is 0.349 e. The van der Waals surface area contributed by atoms with Crippen molar-refractivity contribution in [2.45, 2.75) is 24.9 Å². The van der Waals surface area contributed by atoms with Gasteiger partial charge in [0.25, 0.3) is 5.91 Å². The molecule has 2 aromatic rings. The molecule has 2 aliphatic heterocycles. The highest BCUT2D eigenvalue weighted by Gasteiger charge is 2.55. The molecule has 0 spiro atoms. The molecular weight excluding hydrogens is 372 g/mol. The molecule has 0 atom stereocenters. The van der Waals surface area contributed by atoms with Crippen LogP contribution < -0.4 is 5.32 Å². The number of carbonyl (C=O) groups is 1. The van der Waals surface area contributed by atoms with Crippen LogP contribution in [0, 0.1) is 5.92 Å². The van der Waals surface area contributed by atoms with Crippen molar-refractivity contribution in [2.75, 3.05) is 13.1 Å². The molecule has 5 heteroatoms. The van der Waals surface area contributed by atoms with Crippen molar-refractivity contribution >= 4 is 33.2 Å². The van der Waals surface area contributed by atoms with E-state index in [1.165, 1.54) is 29.7 Å². The fourth-order valence-electron chi connectivity index (χ4n) is 3.96. The van der Waals surface area contributed by atoms with Gasteiger partial charge in [-0.15, -0.1) is 11.3 Å². The second-order valence-electron chi connectivity index (χ2n) is 6.68. The van der Waals surface area contributed by atoms with E-state index in [1.807, 2.05) is 11.4 Å². The predicted octanol–water partition coefficient (Wildman–Crippen LogP) is 3.91. The Kier molecular flexibility index (Phi) is 4.03. The summed E-state index contributed by atoms with van der Waals surface area (Å²) in [6.45, 7) is 2.90. The molecule has 1 amide bonds. The van der Waals surface area contributed by atoms with Gasteiger partial charge >= 0.3 is 0 Å². The lowest BCUT2D eigenvalue weighted by Gasteiger charge is -2.42. The van der Waals surface area contributed by atoms with Crippen molar-refractivity contribution in [1.82, 2.24) is 10.2 Å². The molecule has 3 fully saturated rings. The minimum Gasteiger partial charge on any atom is -0.349 e. The van der Waals surface area contributed by atoms with Gasteiger partial charge in [-0.2, -0.15) is 0 Å². The van der Waals surface area contributed by atoms with E-state index in [0.717, 1.165) is 34.9 Å². The number of thiophene rings is 1. The van der Waals surface area contributed by atoms with Crippen LogP contribution in [0.3, 0.4) is 0 Å². The van der Waals surface area contributed by atoms with Crippen LogP contribution in [0.4, 0.5) is 0 Å². The molecule has 0 unspecified atom stereocenters. The van der Waals surface area contributed by atoms with E-state index in [0.29, 0.717) is 0 Å². The van der Waals surface area contributed by atoms with Gasteiger partial charge in [0.05, 0.1) is 4.88 Å². The van der Waals surface area contributed by atoms with Crippen molar-refractivity contribution in [2.24, 2.45) is 5.92 Å². The number of nitrogens with one attached hydrogen (secondary N) is 1. The maximum Gasteiger partial charge on any atom is 0.261 e. The average molecular weight is 391 g/mol. The second-order valence-corrected chi connectivity index (χ2v) is 8.50. The third kappa shape index (κ3) is 2.97. The summed E-state index contributed by atoms with van der Waals surface area (Å²) >= 11 is 4.89. The van der Waals surface area contributed by atoms with Gasteiger partial charge in [0.1, 0.15) is 0 Å². The van der Waals surface area contributed by atoms with Crippen molar-refractivity contribution in [3.8, 4) is 0 Å². The summed E-state index contributed by atoms with van der Waals surface area (Å²) in [7, 11) is 0. The Labute approximate surface area is 148 Å². The Morgan fingerprint density at radius 1 is 1.35 bits per heavy atom. The first-order chi connectivity index (χ1) is 11.1. The first kappa shape index (κ1) is 15.4. The molecule has 1 N–H and O–H groups in total. The summed E-state index contributed by atoms with van der Waals surface area (Å²) in [6.07, 6.45) is 2.43. The molecule has 1 aromatic heterocycles. The van der Waals surface area contributed by atoms with Gasteiger partial charge in [0.15, 0.2) is 0 Å². The second kappa shape index (κ2) is 6.04. The van der Waals surface area contributed by atoms with Gasteiger partial charge in [-0.05, 0) is 46.3 Å². The zero-order chi connectivity index (χ0) is 15.9. The van der Waals surface area contributed by atoms with Gasteiger partial charge in [0.2, 0.25) is 0 Å². The topological polar surface area (TPSA) is 32.3 Å². The number of hydrogen-bond donors (Lipinski definition) is 1. The van der Waals surface area contributed by atoms with Gasteiger partial charge in [-0.25, -0.2) is 0 Å². The molecule has 1 aliphatic carbocycles. The predicted molar refractivity (Wildman–Crippen MR) is 96.7 cm³/mol. The first-order valence-corrected chi connectivity index (χ1v) is 9.63. The van der Waals surface area contributed by atoms with Crippen LogP contribution in [-0.2, 0) is 6.54 Å². The van der Waals surface area contributed by atoms with E-state index < -0.39 is 0 Å². The minimum absolute atomic E-state index is 0.0464. The van der Waals surface area contributed by atoms with Crippen LogP contribution in [0.15, 0.2) is 46.3 Å². The Morgan fingerprint density at radius 2 is 2.13 bits per heavy atom. The fraction of sp³-hybridized carbons (Fsp3) is 0.389. The minimum atomic E-state index is 0.0464. The van der Waals surface area contributed by atoms with Gasteiger partial charge < -0.3 is 5.32 Å². The molecule has 2 saturated heterocycles. The molecule has 2 bridgehead atoms. The zero-order valence-electron chi connectivity index (χ0n) is 12.8. The van der Waals surface area contributed by atoms with E-state index in [9.17, 15) is 4.79 Å². The van der Waals surface area contributed by atoms with Crippen LogP contribution in [0.25, 0.3) is 0 Å². The average Bonchev–Trinajstić information content (AvgIpc) is 3.18. The molecule has 120 valence electrons. The Hall–Kier alpha value is -1.17. The molecule has 23 heavy (non-hydrogen) atoms. The van der Waals surface area contributed by atoms with Gasteiger partial charge in [-0.1, -0.05) is 30.3 Å². The summed E-state index contributed by atoms with van der Waals surface area (Å²) in [5, 5.41) is 5.11. The van der Waals surface area contributed by atoms with E-state index >= 15 is 0 Å². The lowest BCUT2D eigenvalue weighted by Crippen LogP contribution is -2.53. The molecule has 5 rings (SSSR count). The Balaban J connectivity index is 1.40. The van der Waals surface area contributed by atoms with Crippen molar-refractivity contribution in [3.05, 3.63) is 56.7 Å². The fourth-order valence-corrected chi connectivity index (χ4v) is 5.31. The molecule has 0 radical (unpaired) electrons. The number of benzene rings is 1. The lowest BCUT2D eigenvalue weighted by molar-refractivity contribution is 0.0801. The maximum atomic E-state index is 12.3. The molecule has 3 nitrogen and oxygen atoms in total. The normalized spacial score (nSPS) is 26.0. The number of fused-ring (bicyclic) bond motifs is 1. The third-order valence-electron chi connectivity index (χ3n) is 5.07.